The van der Waals surface area contributed by atoms with Gasteiger partial charge in [-0.2, -0.15) is 10.2 Å². The smallest absolute Gasteiger partial charge is 0.234 e. The lowest BCUT2D eigenvalue weighted by Gasteiger charge is -1.97. The van der Waals surface area contributed by atoms with Crippen molar-refractivity contribution in [3.05, 3.63) is 71.8 Å². The Bertz CT molecular complexity index is 633. The molecule has 3 N–H and O–H groups in total. The first-order chi connectivity index (χ1) is 10.8. The number of benzene rings is 2. The summed E-state index contributed by atoms with van der Waals surface area (Å²) in [6, 6.07) is 20.1. The van der Waals surface area contributed by atoms with E-state index in [1.165, 1.54) is 11.1 Å². The summed E-state index contributed by atoms with van der Waals surface area (Å²) in [6.07, 6.45) is 4.90. The Morgan fingerprint density at radius 1 is 0.864 bits per heavy atom. The Labute approximate surface area is 130 Å². The molecule has 0 aliphatic rings. The largest absolute Gasteiger partial charge is 0.367 e. The topological polar surface area (TPSA) is 75.1 Å². The molecule has 0 aliphatic carbocycles. The van der Waals surface area contributed by atoms with E-state index >= 15 is 0 Å². The monoisotopic (exact) mass is 293 g/mol. The number of guanidine groups is 1. The molecular weight excluding hydrogens is 274 g/mol. The zero-order valence-corrected chi connectivity index (χ0v) is 12.3. The fourth-order valence-electron chi connectivity index (χ4n) is 1.76. The summed E-state index contributed by atoms with van der Waals surface area (Å²) >= 11 is 0. The average Bonchev–Trinajstić information content (AvgIpc) is 2.57. The molecule has 2 rings (SSSR count). The normalized spacial score (nSPS) is 12.1. The number of nitrogens with two attached hydrogens (primary N) is 1. The standard InChI is InChI=1S/C17H19N5/c18-17(21-19-13-11-15-7-3-1-4-8-15)22-20-14-12-16-9-5-2-6-10-16/h1-10,13-14H,11-12H2,(H3,18,21,22). The van der Waals surface area contributed by atoms with E-state index in [2.05, 4.69) is 20.7 Å². The Morgan fingerprint density at radius 2 is 1.41 bits per heavy atom. The summed E-state index contributed by atoms with van der Waals surface area (Å²) in [5.74, 6) is 0.161. The van der Waals surface area contributed by atoms with Crippen molar-refractivity contribution in [3.63, 3.8) is 0 Å². The van der Waals surface area contributed by atoms with Gasteiger partial charge in [-0.3, -0.25) is 0 Å². The first-order valence-corrected chi connectivity index (χ1v) is 7.05. The minimum Gasteiger partial charge on any atom is -0.367 e. The number of nitrogens with zero attached hydrogens (tertiary/aromatic N) is 3. The van der Waals surface area contributed by atoms with Crippen molar-refractivity contribution in [3.8, 4) is 0 Å². The van der Waals surface area contributed by atoms with Crippen molar-refractivity contribution in [1.82, 2.24) is 5.43 Å². The van der Waals surface area contributed by atoms with E-state index in [4.69, 9.17) is 5.73 Å². The maximum Gasteiger partial charge on any atom is 0.234 e. The highest BCUT2D eigenvalue weighted by Crippen LogP contribution is 1.98. The maximum absolute atomic E-state index is 5.64. The minimum atomic E-state index is 0.161. The zero-order chi connectivity index (χ0) is 15.5. The molecule has 5 heteroatoms. The van der Waals surface area contributed by atoms with Crippen molar-refractivity contribution in [1.29, 1.82) is 0 Å². The molecule has 0 radical (unpaired) electrons. The van der Waals surface area contributed by atoms with Crippen LogP contribution < -0.4 is 11.2 Å². The number of hydrogen-bond donors (Lipinski definition) is 2. The van der Waals surface area contributed by atoms with Crippen molar-refractivity contribution in [2.45, 2.75) is 12.8 Å². The van der Waals surface area contributed by atoms with Crippen molar-refractivity contribution >= 4 is 18.4 Å². The molecule has 2 aromatic carbocycles. The molecule has 0 atom stereocenters. The van der Waals surface area contributed by atoms with Gasteiger partial charge >= 0.3 is 0 Å². The van der Waals surface area contributed by atoms with Gasteiger partial charge in [0.2, 0.25) is 5.96 Å². The summed E-state index contributed by atoms with van der Waals surface area (Å²) < 4.78 is 0. The lowest BCUT2D eigenvalue weighted by Crippen LogP contribution is -2.26. The molecule has 0 fully saturated rings. The van der Waals surface area contributed by atoms with Crippen LogP contribution in [0.2, 0.25) is 0 Å². The van der Waals surface area contributed by atoms with E-state index in [-0.39, 0.29) is 5.96 Å². The van der Waals surface area contributed by atoms with E-state index < -0.39 is 0 Å². The van der Waals surface area contributed by atoms with Crippen LogP contribution >= 0.6 is 0 Å². The Morgan fingerprint density at radius 3 is 2.00 bits per heavy atom. The molecular formula is C17H19N5. The molecule has 2 aromatic rings. The lowest BCUT2D eigenvalue weighted by molar-refractivity contribution is 0.986. The van der Waals surface area contributed by atoms with E-state index in [0.29, 0.717) is 0 Å². The van der Waals surface area contributed by atoms with Gasteiger partial charge in [0.25, 0.3) is 0 Å². The Kier molecular flexibility index (Phi) is 6.37. The molecule has 0 aliphatic heterocycles. The van der Waals surface area contributed by atoms with Gasteiger partial charge in [-0.15, -0.1) is 5.10 Å². The van der Waals surface area contributed by atoms with Crippen LogP contribution in [-0.2, 0) is 12.8 Å². The fraction of sp³-hybridized carbons (Fsp3) is 0.118. The first kappa shape index (κ1) is 15.4. The minimum absolute atomic E-state index is 0.161. The third-order valence-electron chi connectivity index (χ3n) is 2.86. The van der Waals surface area contributed by atoms with Crippen LogP contribution in [0.15, 0.2) is 76.0 Å². The summed E-state index contributed by atoms with van der Waals surface area (Å²) in [7, 11) is 0. The van der Waals surface area contributed by atoms with E-state index in [1.54, 1.807) is 12.4 Å². The van der Waals surface area contributed by atoms with Crippen LogP contribution in [0.1, 0.15) is 11.1 Å². The van der Waals surface area contributed by atoms with Gasteiger partial charge in [0, 0.05) is 25.3 Å². The van der Waals surface area contributed by atoms with E-state index in [1.807, 2.05) is 60.7 Å². The number of hydrogen-bond acceptors (Lipinski definition) is 3. The number of nitrogens with one attached hydrogen (secondary N) is 1. The molecule has 0 saturated heterocycles. The van der Waals surface area contributed by atoms with Crippen LogP contribution in [0.5, 0.6) is 0 Å². The van der Waals surface area contributed by atoms with Crippen LogP contribution in [0, 0.1) is 0 Å². The third kappa shape index (κ3) is 6.00. The Balaban J connectivity index is 1.71. The highest BCUT2D eigenvalue weighted by Gasteiger charge is 1.89. The van der Waals surface area contributed by atoms with Gasteiger partial charge in [-0.1, -0.05) is 60.7 Å². The molecule has 0 spiro atoms. The second-order valence-electron chi connectivity index (χ2n) is 4.59. The quantitative estimate of drug-likeness (QED) is 0.487. The predicted octanol–water partition coefficient (Wildman–Crippen LogP) is 2.35. The SMILES string of the molecule is NC(=NN=CCc1ccccc1)NN=CCc1ccccc1. The molecule has 22 heavy (non-hydrogen) atoms. The first-order valence-electron chi connectivity index (χ1n) is 7.05. The lowest BCUT2D eigenvalue weighted by atomic mass is 10.2. The molecule has 0 heterocycles. The van der Waals surface area contributed by atoms with Crippen molar-refractivity contribution in [2.24, 2.45) is 21.0 Å². The van der Waals surface area contributed by atoms with Crippen LogP contribution in [0.4, 0.5) is 0 Å². The number of rotatable bonds is 6. The molecule has 0 aromatic heterocycles. The van der Waals surface area contributed by atoms with Crippen LogP contribution in [0.25, 0.3) is 0 Å². The van der Waals surface area contributed by atoms with Crippen molar-refractivity contribution < 1.29 is 0 Å². The molecule has 0 unspecified atom stereocenters. The van der Waals surface area contributed by atoms with Gasteiger partial charge in [0.15, 0.2) is 0 Å². The van der Waals surface area contributed by atoms with E-state index in [9.17, 15) is 0 Å². The second-order valence-corrected chi connectivity index (χ2v) is 4.59. The predicted molar refractivity (Wildman–Crippen MR) is 92.0 cm³/mol. The summed E-state index contributed by atoms with van der Waals surface area (Å²) in [6.45, 7) is 0. The van der Waals surface area contributed by atoms with Gasteiger partial charge in [-0.25, -0.2) is 5.43 Å². The molecule has 112 valence electrons. The molecule has 5 nitrogen and oxygen atoms in total. The maximum atomic E-state index is 5.64. The van der Waals surface area contributed by atoms with E-state index in [0.717, 1.165) is 12.8 Å². The highest BCUT2D eigenvalue weighted by atomic mass is 15.4. The summed E-state index contributed by atoms with van der Waals surface area (Å²) in [4.78, 5) is 0. The van der Waals surface area contributed by atoms with Gasteiger partial charge < -0.3 is 5.73 Å². The molecule has 0 bridgehead atoms. The van der Waals surface area contributed by atoms with Crippen LogP contribution in [-0.4, -0.2) is 18.4 Å². The Hall–Kier alpha value is -2.95. The van der Waals surface area contributed by atoms with Crippen LogP contribution in [0.3, 0.4) is 0 Å². The average molecular weight is 293 g/mol. The van der Waals surface area contributed by atoms with Gasteiger partial charge in [0.05, 0.1) is 0 Å². The zero-order valence-electron chi connectivity index (χ0n) is 12.3. The third-order valence-corrected chi connectivity index (χ3v) is 2.86. The highest BCUT2D eigenvalue weighted by molar-refractivity contribution is 5.79. The fourth-order valence-corrected chi connectivity index (χ4v) is 1.76. The second kappa shape index (κ2) is 9.07. The van der Waals surface area contributed by atoms with Crippen molar-refractivity contribution in [2.75, 3.05) is 0 Å². The number of hydrazone groups is 1. The van der Waals surface area contributed by atoms with Gasteiger partial charge in [0.1, 0.15) is 0 Å². The van der Waals surface area contributed by atoms with Gasteiger partial charge in [-0.05, 0) is 11.1 Å². The summed E-state index contributed by atoms with van der Waals surface area (Å²) in [5.41, 5.74) is 10.6. The molecule has 0 amide bonds. The molecule has 0 saturated carbocycles. The summed E-state index contributed by atoms with van der Waals surface area (Å²) in [5, 5.41) is 11.7.